The number of rotatable bonds is 8. The van der Waals surface area contributed by atoms with Gasteiger partial charge in [-0.25, -0.2) is 14.6 Å². The van der Waals surface area contributed by atoms with Crippen LogP contribution in [0.4, 0.5) is 0 Å². The molecule has 0 saturated carbocycles. The average Bonchev–Trinajstić information content (AvgIpc) is 3.59. The fraction of sp³-hybridized carbons (Fsp3) is 0.226. The Morgan fingerprint density at radius 3 is 2.55 bits per heavy atom. The summed E-state index contributed by atoms with van der Waals surface area (Å²) in [5, 5.41) is 0. The zero-order valence-electron chi connectivity index (χ0n) is 23.6. The van der Waals surface area contributed by atoms with E-state index in [1.165, 1.54) is 25.9 Å². The Morgan fingerprint density at radius 2 is 1.83 bits per heavy atom. The lowest BCUT2D eigenvalue weighted by atomic mass is 9.95. The van der Waals surface area contributed by atoms with Gasteiger partial charge in [-0.1, -0.05) is 29.5 Å². The lowest BCUT2D eigenvalue weighted by Crippen LogP contribution is -2.40. The minimum Gasteiger partial charge on any atom is -0.497 e. The predicted octanol–water partition coefficient (Wildman–Crippen LogP) is 3.86. The van der Waals surface area contributed by atoms with Crippen molar-refractivity contribution in [3.05, 3.63) is 102 Å². The number of aromatic nitrogens is 1. The minimum atomic E-state index is -0.883. The highest BCUT2D eigenvalue weighted by Gasteiger charge is 2.35. The van der Waals surface area contributed by atoms with Crippen LogP contribution in [0.25, 0.3) is 17.4 Å². The SMILES string of the molecule is CCOC(=O)C1=C(C)N=c2s/c(=C\c3ccc(-c4ccccc4C(=O)OC)o3)c(=O)n2[C@H]1c1cc(OC)ccc1OC. The van der Waals surface area contributed by atoms with Crippen LogP contribution < -0.4 is 24.4 Å². The first-order chi connectivity index (χ1) is 20.3. The third kappa shape index (κ3) is 5.14. The molecular formula is C31H28N2O8S. The summed E-state index contributed by atoms with van der Waals surface area (Å²) in [6.45, 7) is 3.58. The third-order valence-electron chi connectivity index (χ3n) is 6.75. The topological polar surface area (TPSA) is 119 Å². The summed E-state index contributed by atoms with van der Waals surface area (Å²) in [7, 11) is 4.36. The molecular weight excluding hydrogens is 560 g/mol. The van der Waals surface area contributed by atoms with Gasteiger partial charge in [-0.2, -0.15) is 0 Å². The van der Waals surface area contributed by atoms with Crippen molar-refractivity contribution in [3.63, 3.8) is 0 Å². The van der Waals surface area contributed by atoms with Crippen molar-refractivity contribution in [3.8, 4) is 22.8 Å². The highest BCUT2D eigenvalue weighted by molar-refractivity contribution is 7.07. The van der Waals surface area contributed by atoms with Crippen LogP contribution in [0.3, 0.4) is 0 Å². The molecule has 0 unspecified atom stereocenters. The fourth-order valence-electron chi connectivity index (χ4n) is 4.83. The fourth-order valence-corrected chi connectivity index (χ4v) is 5.86. The number of thiazole rings is 1. The first-order valence-electron chi connectivity index (χ1n) is 13.0. The predicted molar refractivity (Wildman–Crippen MR) is 155 cm³/mol. The number of hydrogen-bond donors (Lipinski definition) is 0. The normalized spacial score (nSPS) is 14.7. The highest BCUT2D eigenvalue weighted by atomic mass is 32.1. The molecule has 0 radical (unpaired) electrons. The van der Waals surface area contributed by atoms with Gasteiger partial charge < -0.3 is 23.4 Å². The summed E-state index contributed by atoms with van der Waals surface area (Å²) in [6.07, 6.45) is 1.61. The van der Waals surface area contributed by atoms with E-state index in [1.54, 1.807) is 74.5 Å². The van der Waals surface area contributed by atoms with Gasteiger partial charge in [0, 0.05) is 17.2 Å². The molecule has 2 aromatic carbocycles. The Kier molecular flexibility index (Phi) is 8.12. The number of hydrogen-bond acceptors (Lipinski definition) is 10. The molecule has 1 atom stereocenters. The lowest BCUT2D eigenvalue weighted by Gasteiger charge is -2.26. The molecule has 42 heavy (non-hydrogen) atoms. The second-order valence-corrected chi connectivity index (χ2v) is 10.2. The summed E-state index contributed by atoms with van der Waals surface area (Å²) in [5.74, 6) is 0.759. The number of methoxy groups -OCH3 is 3. The molecule has 11 heteroatoms. The monoisotopic (exact) mass is 588 g/mol. The number of carbonyl (C=O) groups is 2. The molecule has 1 aliphatic rings. The van der Waals surface area contributed by atoms with E-state index in [4.69, 9.17) is 23.4 Å². The Hall–Kier alpha value is -4.90. The summed E-state index contributed by atoms with van der Waals surface area (Å²) in [5.41, 5.74) is 1.73. The molecule has 0 saturated heterocycles. The van der Waals surface area contributed by atoms with E-state index < -0.39 is 18.0 Å². The summed E-state index contributed by atoms with van der Waals surface area (Å²) < 4.78 is 29.2. The second-order valence-electron chi connectivity index (χ2n) is 9.15. The van der Waals surface area contributed by atoms with Gasteiger partial charge in [0.2, 0.25) is 0 Å². The van der Waals surface area contributed by atoms with Gasteiger partial charge in [0.25, 0.3) is 5.56 Å². The van der Waals surface area contributed by atoms with Crippen molar-refractivity contribution in [1.82, 2.24) is 4.57 Å². The molecule has 0 bridgehead atoms. The number of fused-ring (bicyclic) bond motifs is 1. The quantitative estimate of drug-likeness (QED) is 0.285. The molecule has 2 aromatic heterocycles. The smallest absolute Gasteiger partial charge is 0.338 e. The zero-order valence-corrected chi connectivity index (χ0v) is 24.4. The number of benzene rings is 2. The van der Waals surface area contributed by atoms with E-state index in [-0.39, 0.29) is 17.7 Å². The zero-order chi connectivity index (χ0) is 30.0. The maximum absolute atomic E-state index is 14.0. The van der Waals surface area contributed by atoms with Crippen LogP contribution in [0.2, 0.25) is 0 Å². The maximum atomic E-state index is 14.0. The molecule has 1 aliphatic heterocycles. The van der Waals surface area contributed by atoms with E-state index in [0.29, 0.717) is 54.7 Å². The van der Waals surface area contributed by atoms with E-state index in [0.717, 1.165) is 11.3 Å². The molecule has 0 fully saturated rings. The Morgan fingerprint density at radius 1 is 1.05 bits per heavy atom. The average molecular weight is 589 g/mol. The number of nitrogens with zero attached hydrogens (tertiary/aromatic N) is 2. The van der Waals surface area contributed by atoms with Crippen molar-refractivity contribution >= 4 is 29.4 Å². The minimum absolute atomic E-state index is 0.155. The molecule has 0 amide bonds. The van der Waals surface area contributed by atoms with Crippen molar-refractivity contribution in [1.29, 1.82) is 0 Å². The standard InChI is InChI=1S/C31H28N2O8S/c1-6-40-30(36)26-17(2)32-31-33(27(26)22-15-18(37-3)11-13-23(22)38-4)28(34)25(42-31)16-19-12-14-24(41-19)20-9-7-8-10-21(20)29(35)39-5/h7-16,27H,6H2,1-5H3/b25-16-/t27-/m0/s1. The molecule has 0 spiro atoms. The van der Waals surface area contributed by atoms with E-state index in [2.05, 4.69) is 4.99 Å². The van der Waals surface area contributed by atoms with Crippen LogP contribution in [0.1, 0.15) is 41.6 Å². The van der Waals surface area contributed by atoms with Crippen LogP contribution in [0.15, 0.2) is 80.1 Å². The largest absolute Gasteiger partial charge is 0.497 e. The van der Waals surface area contributed by atoms with Gasteiger partial charge >= 0.3 is 11.9 Å². The van der Waals surface area contributed by atoms with Gasteiger partial charge in [0.1, 0.15) is 29.1 Å². The van der Waals surface area contributed by atoms with Crippen molar-refractivity contribution in [2.24, 2.45) is 4.99 Å². The third-order valence-corrected chi connectivity index (χ3v) is 7.73. The van der Waals surface area contributed by atoms with Crippen molar-refractivity contribution < 1.29 is 33.0 Å². The number of esters is 2. The van der Waals surface area contributed by atoms with E-state index in [9.17, 15) is 14.4 Å². The highest BCUT2D eigenvalue weighted by Crippen LogP contribution is 2.38. The molecule has 3 heterocycles. The van der Waals surface area contributed by atoms with Crippen LogP contribution in [0.5, 0.6) is 11.5 Å². The van der Waals surface area contributed by atoms with E-state index in [1.807, 2.05) is 0 Å². The van der Waals surface area contributed by atoms with Crippen molar-refractivity contribution in [2.75, 3.05) is 27.9 Å². The van der Waals surface area contributed by atoms with Gasteiger partial charge in [0.05, 0.1) is 49.3 Å². The Balaban J connectivity index is 1.67. The number of ether oxygens (including phenoxy) is 4. The van der Waals surface area contributed by atoms with Crippen LogP contribution >= 0.6 is 11.3 Å². The maximum Gasteiger partial charge on any atom is 0.338 e. The van der Waals surface area contributed by atoms with Crippen LogP contribution in [-0.2, 0) is 14.3 Å². The van der Waals surface area contributed by atoms with Gasteiger partial charge in [0.15, 0.2) is 4.80 Å². The first kappa shape index (κ1) is 28.6. The molecule has 0 N–H and O–H groups in total. The molecule has 216 valence electrons. The van der Waals surface area contributed by atoms with E-state index >= 15 is 0 Å². The van der Waals surface area contributed by atoms with Crippen LogP contribution in [0, 0.1) is 0 Å². The number of allylic oxidation sites excluding steroid dienone is 1. The summed E-state index contributed by atoms with van der Waals surface area (Å²) in [6, 6.07) is 14.7. The van der Waals surface area contributed by atoms with Gasteiger partial charge in [-0.3, -0.25) is 9.36 Å². The van der Waals surface area contributed by atoms with Gasteiger partial charge in [-0.15, -0.1) is 0 Å². The molecule has 5 rings (SSSR count). The summed E-state index contributed by atoms with van der Waals surface area (Å²) >= 11 is 1.16. The second kappa shape index (κ2) is 11.9. The van der Waals surface area contributed by atoms with Gasteiger partial charge in [-0.05, 0) is 50.2 Å². The molecule has 4 aromatic rings. The summed E-state index contributed by atoms with van der Waals surface area (Å²) in [4.78, 5) is 44.5. The number of furan rings is 1. The van der Waals surface area contributed by atoms with Crippen LogP contribution in [-0.4, -0.2) is 44.4 Å². The first-order valence-corrected chi connectivity index (χ1v) is 13.8. The lowest BCUT2D eigenvalue weighted by molar-refractivity contribution is -0.139. The molecule has 10 nitrogen and oxygen atoms in total. The Labute approximate surface area is 244 Å². The van der Waals surface area contributed by atoms with Crippen molar-refractivity contribution in [2.45, 2.75) is 19.9 Å². The number of carbonyl (C=O) groups excluding carboxylic acids is 2. The Bertz CT molecular complexity index is 1900. The molecule has 0 aliphatic carbocycles.